The van der Waals surface area contributed by atoms with Gasteiger partial charge in [0, 0.05) is 10.0 Å². The quantitative estimate of drug-likeness (QED) is 0.533. The Hall–Kier alpha value is -0.0100. The van der Waals surface area contributed by atoms with E-state index in [4.69, 9.17) is 0 Å². The Morgan fingerprint density at radius 3 is 2.50 bits per heavy atom. The number of rotatable bonds is 3. The Kier molecular flexibility index (Phi) is 4.88. The molecule has 16 heavy (non-hydrogen) atoms. The Morgan fingerprint density at radius 1 is 1.38 bits per heavy atom. The van der Waals surface area contributed by atoms with Gasteiger partial charge in [0.25, 0.3) is 0 Å². The fourth-order valence-corrected chi connectivity index (χ4v) is 1.93. The zero-order valence-electron chi connectivity index (χ0n) is 7.65. The number of carbonyl (C=O) groups excluding carboxylic acids is 1. The second-order valence-corrected chi connectivity index (χ2v) is 5.14. The monoisotopic (exact) mass is 420 g/mol. The van der Waals surface area contributed by atoms with Crippen LogP contribution in [-0.2, 0) is 9.57 Å². The SMILES string of the molecule is O=C(OCBr)c1cc(Br)cc(C(F)(F)Br)c1. The highest BCUT2D eigenvalue weighted by Crippen LogP contribution is 2.36. The Balaban J connectivity index is 3.13. The summed E-state index contributed by atoms with van der Waals surface area (Å²) in [5.41, 5.74) is -0.246. The van der Waals surface area contributed by atoms with Gasteiger partial charge in [-0.1, -0.05) is 15.9 Å². The molecular formula is C9H5Br3F2O2. The van der Waals surface area contributed by atoms with E-state index >= 15 is 0 Å². The third-order valence-electron chi connectivity index (χ3n) is 1.65. The summed E-state index contributed by atoms with van der Waals surface area (Å²) < 4.78 is 31.0. The van der Waals surface area contributed by atoms with Crippen LogP contribution in [0.4, 0.5) is 8.78 Å². The van der Waals surface area contributed by atoms with Gasteiger partial charge in [-0.15, -0.1) is 0 Å². The molecule has 0 saturated heterocycles. The molecule has 1 aromatic carbocycles. The van der Waals surface area contributed by atoms with Crippen LogP contribution in [-0.4, -0.2) is 11.5 Å². The molecule has 0 aliphatic heterocycles. The van der Waals surface area contributed by atoms with Crippen molar-refractivity contribution in [3.63, 3.8) is 0 Å². The molecular weight excluding hydrogens is 418 g/mol. The molecule has 0 N–H and O–H groups in total. The topological polar surface area (TPSA) is 26.3 Å². The van der Waals surface area contributed by atoms with Gasteiger partial charge in [0.1, 0.15) is 5.52 Å². The van der Waals surface area contributed by atoms with Crippen LogP contribution in [0.3, 0.4) is 0 Å². The van der Waals surface area contributed by atoms with Crippen LogP contribution in [0.25, 0.3) is 0 Å². The molecule has 0 amide bonds. The van der Waals surface area contributed by atoms with Crippen LogP contribution < -0.4 is 0 Å². The average molecular weight is 423 g/mol. The van der Waals surface area contributed by atoms with E-state index in [-0.39, 0.29) is 16.6 Å². The van der Waals surface area contributed by atoms with Crippen LogP contribution in [0.1, 0.15) is 15.9 Å². The first-order valence-corrected chi connectivity index (χ1v) is 6.66. The molecule has 2 nitrogen and oxygen atoms in total. The number of hydrogen-bond donors (Lipinski definition) is 0. The van der Waals surface area contributed by atoms with Crippen LogP contribution in [0, 0.1) is 0 Å². The summed E-state index contributed by atoms with van der Waals surface area (Å²) >= 11 is 8.19. The van der Waals surface area contributed by atoms with E-state index in [0.717, 1.165) is 6.07 Å². The fourth-order valence-electron chi connectivity index (χ4n) is 1.00. The molecule has 0 fully saturated rings. The highest BCUT2D eigenvalue weighted by atomic mass is 79.9. The third-order valence-corrected chi connectivity index (χ3v) is 2.79. The van der Waals surface area contributed by atoms with E-state index in [0.29, 0.717) is 4.47 Å². The van der Waals surface area contributed by atoms with Gasteiger partial charge >= 0.3 is 10.8 Å². The molecule has 88 valence electrons. The lowest BCUT2D eigenvalue weighted by atomic mass is 10.1. The van der Waals surface area contributed by atoms with Gasteiger partial charge in [-0.3, -0.25) is 0 Å². The van der Waals surface area contributed by atoms with Crippen molar-refractivity contribution in [1.29, 1.82) is 0 Å². The van der Waals surface area contributed by atoms with Crippen molar-refractivity contribution in [3.8, 4) is 0 Å². The van der Waals surface area contributed by atoms with Crippen molar-refractivity contribution in [1.82, 2.24) is 0 Å². The summed E-state index contributed by atoms with van der Waals surface area (Å²) in [7, 11) is 0. The van der Waals surface area contributed by atoms with Gasteiger partial charge in [-0.2, -0.15) is 8.78 Å². The lowest BCUT2D eigenvalue weighted by molar-refractivity contribution is 0.0583. The van der Waals surface area contributed by atoms with E-state index in [9.17, 15) is 13.6 Å². The van der Waals surface area contributed by atoms with E-state index in [1.165, 1.54) is 12.1 Å². The summed E-state index contributed by atoms with van der Waals surface area (Å²) in [5, 5.41) is 0. The molecule has 1 rings (SSSR count). The maximum Gasteiger partial charge on any atom is 0.339 e. The average Bonchev–Trinajstić information content (AvgIpc) is 2.16. The van der Waals surface area contributed by atoms with Crippen LogP contribution in [0.2, 0.25) is 0 Å². The second kappa shape index (κ2) is 5.55. The maximum atomic E-state index is 13.0. The van der Waals surface area contributed by atoms with Crippen molar-refractivity contribution in [2.75, 3.05) is 5.52 Å². The summed E-state index contributed by atoms with van der Waals surface area (Å²) in [6.07, 6.45) is 0. The molecule has 0 aliphatic carbocycles. The zero-order valence-corrected chi connectivity index (χ0v) is 12.4. The smallest absolute Gasteiger partial charge is 0.339 e. The molecule has 0 spiro atoms. The van der Waals surface area contributed by atoms with Crippen molar-refractivity contribution < 1.29 is 18.3 Å². The summed E-state index contributed by atoms with van der Waals surface area (Å²) in [5.74, 6) is -0.670. The number of alkyl halides is 4. The predicted molar refractivity (Wildman–Crippen MR) is 66.2 cm³/mol. The number of carbonyl (C=O) groups is 1. The van der Waals surface area contributed by atoms with Crippen LogP contribution >= 0.6 is 47.8 Å². The van der Waals surface area contributed by atoms with Crippen molar-refractivity contribution >= 4 is 53.8 Å². The lowest BCUT2D eigenvalue weighted by Crippen LogP contribution is -2.08. The minimum atomic E-state index is -3.18. The Morgan fingerprint density at radius 2 is 2.00 bits per heavy atom. The van der Waals surface area contributed by atoms with Crippen molar-refractivity contribution in [2.45, 2.75) is 4.83 Å². The van der Waals surface area contributed by atoms with Gasteiger partial charge in [0.15, 0.2) is 0 Å². The zero-order chi connectivity index (χ0) is 12.3. The molecule has 0 aromatic heterocycles. The molecule has 0 unspecified atom stereocenters. The van der Waals surface area contributed by atoms with Gasteiger partial charge in [0.2, 0.25) is 0 Å². The predicted octanol–water partition coefficient (Wildman–Crippen LogP) is 4.40. The minimum absolute atomic E-state index is 0.0123. The van der Waals surface area contributed by atoms with E-state index < -0.39 is 10.8 Å². The van der Waals surface area contributed by atoms with Gasteiger partial charge in [0.05, 0.1) is 5.56 Å². The second-order valence-electron chi connectivity index (χ2n) is 2.77. The molecule has 1 aromatic rings. The van der Waals surface area contributed by atoms with Gasteiger partial charge in [-0.05, 0) is 50.1 Å². The first-order valence-electron chi connectivity index (χ1n) is 3.95. The van der Waals surface area contributed by atoms with Crippen LogP contribution in [0.15, 0.2) is 22.7 Å². The molecule has 0 saturated carbocycles. The first-order chi connectivity index (χ1) is 7.34. The van der Waals surface area contributed by atoms with E-state index in [1.54, 1.807) is 0 Å². The number of esters is 1. The normalized spacial score (nSPS) is 11.3. The number of hydrogen-bond acceptors (Lipinski definition) is 2. The first kappa shape index (κ1) is 14.1. The van der Waals surface area contributed by atoms with Crippen molar-refractivity contribution in [2.24, 2.45) is 0 Å². The summed E-state index contributed by atoms with van der Waals surface area (Å²) in [4.78, 5) is 8.16. The molecule has 7 heteroatoms. The molecule has 0 bridgehead atoms. The Bertz CT molecular complexity index is 404. The molecule has 0 heterocycles. The van der Waals surface area contributed by atoms with E-state index in [1.807, 2.05) is 0 Å². The minimum Gasteiger partial charge on any atom is -0.450 e. The number of ether oxygens (including phenoxy) is 1. The highest BCUT2D eigenvalue weighted by Gasteiger charge is 2.28. The molecule has 0 atom stereocenters. The van der Waals surface area contributed by atoms with Gasteiger partial charge < -0.3 is 4.74 Å². The maximum absolute atomic E-state index is 13.0. The van der Waals surface area contributed by atoms with Gasteiger partial charge in [-0.25, -0.2) is 4.79 Å². The molecule has 0 aliphatic rings. The Labute approximate surface area is 116 Å². The third kappa shape index (κ3) is 3.78. The highest BCUT2D eigenvalue weighted by molar-refractivity contribution is 9.10. The lowest BCUT2D eigenvalue weighted by Gasteiger charge is -2.10. The standard InChI is InChI=1S/C9H5Br3F2O2/c10-4-16-8(15)5-1-6(9(12,13)14)3-7(11)2-5/h1-3H,4H2. The number of halogens is 5. The largest absolute Gasteiger partial charge is 0.450 e. The molecule has 0 radical (unpaired) electrons. The summed E-state index contributed by atoms with van der Waals surface area (Å²) in [6, 6.07) is 3.71. The number of benzene rings is 1. The summed E-state index contributed by atoms with van der Waals surface area (Å²) in [6.45, 7) is 0. The van der Waals surface area contributed by atoms with Crippen molar-refractivity contribution in [3.05, 3.63) is 33.8 Å². The fraction of sp³-hybridized carbons (Fsp3) is 0.222. The van der Waals surface area contributed by atoms with E-state index in [2.05, 4.69) is 52.5 Å². The van der Waals surface area contributed by atoms with Crippen LogP contribution in [0.5, 0.6) is 0 Å².